The van der Waals surface area contributed by atoms with Gasteiger partial charge in [0.25, 0.3) is 0 Å². The largest absolute Gasteiger partial charge is 0.471 e. The lowest BCUT2D eigenvalue weighted by molar-refractivity contribution is -0.227. The van der Waals surface area contributed by atoms with Gasteiger partial charge in [0.15, 0.2) is 6.29 Å². The predicted octanol–water partition coefficient (Wildman–Crippen LogP) is 2.17. The summed E-state index contributed by atoms with van der Waals surface area (Å²) in [6, 6.07) is 8.22. The molecule has 2 rings (SSSR count). The summed E-state index contributed by atoms with van der Waals surface area (Å²) in [6.07, 6.45) is -6.12. The standard InChI is InChI=1S/C13H14F3NO3/c1-8-10(17-12(18)13(14,15)16)7-19-11(20-8)9-5-3-2-4-6-9/h2-6,8,10-11H,7H2,1H3,(H,17,18)/t8?,10?,11-/m0/s1. The summed E-state index contributed by atoms with van der Waals surface area (Å²) in [5.74, 6) is -1.99. The Hall–Kier alpha value is -1.60. The van der Waals surface area contributed by atoms with Gasteiger partial charge in [0.2, 0.25) is 0 Å². The highest BCUT2D eigenvalue weighted by molar-refractivity contribution is 5.82. The van der Waals surface area contributed by atoms with Gasteiger partial charge in [0, 0.05) is 5.56 Å². The molecule has 7 heteroatoms. The molecule has 3 atom stereocenters. The summed E-state index contributed by atoms with van der Waals surface area (Å²) < 4.78 is 47.4. The third kappa shape index (κ3) is 3.49. The predicted molar refractivity (Wildman–Crippen MR) is 63.7 cm³/mol. The number of rotatable bonds is 2. The van der Waals surface area contributed by atoms with E-state index in [0.29, 0.717) is 0 Å². The van der Waals surface area contributed by atoms with Crippen molar-refractivity contribution >= 4 is 5.91 Å². The third-order valence-electron chi connectivity index (χ3n) is 2.98. The van der Waals surface area contributed by atoms with Crippen LogP contribution in [-0.4, -0.2) is 30.8 Å². The lowest BCUT2D eigenvalue weighted by atomic mass is 10.1. The Bertz CT molecular complexity index is 464. The maximum absolute atomic E-state index is 12.2. The molecular weight excluding hydrogens is 275 g/mol. The van der Waals surface area contributed by atoms with Gasteiger partial charge in [-0.2, -0.15) is 13.2 Å². The van der Waals surface area contributed by atoms with Gasteiger partial charge in [-0.25, -0.2) is 0 Å². The van der Waals surface area contributed by atoms with Gasteiger partial charge in [-0.15, -0.1) is 0 Å². The Kier molecular flexibility index (Phi) is 4.29. The molecule has 1 aliphatic heterocycles. The maximum atomic E-state index is 12.2. The SMILES string of the molecule is CC1O[C@@H](c2ccccc2)OCC1NC(=O)C(F)(F)F. The van der Waals surface area contributed by atoms with Gasteiger partial charge in [-0.05, 0) is 6.92 Å². The van der Waals surface area contributed by atoms with Crippen LogP contribution in [0.1, 0.15) is 18.8 Å². The molecule has 1 heterocycles. The van der Waals surface area contributed by atoms with Crippen molar-refractivity contribution in [2.75, 3.05) is 6.61 Å². The van der Waals surface area contributed by atoms with Crippen molar-refractivity contribution in [1.29, 1.82) is 0 Å². The Morgan fingerprint density at radius 1 is 1.30 bits per heavy atom. The van der Waals surface area contributed by atoms with Gasteiger partial charge in [0.1, 0.15) is 0 Å². The van der Waals surface area contributed by atoms with Crippen LogP contribution < -0.4 is 5.32 Å². The highest BCUT2D eigenvalue weighted by atomic mass is 19.4. The van der Waals surface area contributed by atoms with E-state index in [9.17, 15) is 18.0 Å². The van der Waals surface area contributed by atoms with E-state index in [-0.39, 0.29) is 6.61 Å². The molecule has 110 valence electrons. The van der Waals surface area contributed by atoms with Crippen molar-refractivity contribution in [3.05, 3.63) is 35.9 Å². The minimum Gasteiger partial charge on any atom is -0.346 e. The number of amides is 1. The Morgan fingerprint density at radius 3 is 2.50 bits per heavy atom. The molecule has 0 aliphatic carbocycles. The molecule has 1 fully saturated rings. The van der Waals surface area contributed by atoms with E-state index in [2.05, 4.69) is 0 Å². The molecule has 20 heavy (non-hydrogen) atoms. The number of carbonyl (C=O) groups excluding carboxylic acids is 1. The summed E-state index contributed by atoms with van der Waals surface area (Å²) in [7, 11) is 0. The van der Waals surface area contributed by atoms with Crippen LogP contribution in [0.2, 0.25) is 0 Å². The third-order valence-corrected chi connectivity index (χ3v) is 2.98. The van der Waals surface area contributed by atoms with Crippen LogP contribution in [-0.2, 0) is 14.3 Å². The second kappa shape index (κ2) is 5.80. The topological polar surface area (TPSA) is 47.6 Å². The summed E-state index contributed by atoms with van der Waals surface area (Å²) in [5, 5.41) is 1.87. The number of benzene rings is 1. The number of ether oxygens (including phenoxy) is 2. The Balaban J connectivity index is 1.95. The van der Waals surface area contributed by atoms with Gasteiger partial charge >= 0.3 is 12.1 Å². The lowest BCUT2D eigenvalue weighted by Crippen LogP contribution is -2.53. The van der Waals surface area contributed by atoms with Crippen molar-refractivity contribution < 1.29 is 27.4 Å². The zero-order valence-electron chi connectivity index (χ0n) is 10.7. The van der Waals surface area contributed by atoms with Crippen molar-refractivity contribution in [2.24, 2.45) is 0 Å². The number of halogens is 3. The number of hydrogen-bond donors (Lipinski definition) is 1. The lowest BCUT2D eigenvalue weighted by Gasteiger charge is -2.35. The van der Waals surface area contributed by atoms with E-state index < -0.39 is 30.5 Å². The number of nitrogens with one attached hydrogen (secondary N) is 1. The van der Waals surface area contributed by atoms with E-state index in [0.717, 1.165) is 5.56 Å². The molecule has 1 amide bonds. The highest BCUT2D eigenvalue weighted by Crippen LogP contribution is 2.26. The monoisotopic (exact) mass is 289 g/mol. The van der Waals surface area contributed by atoms with Crippen molar-refractivity contribution in [3.8, 4) is 0 Å². The first-order valence-electron chi connectivity index (χ1n) is 6.07. The van der Waals surface area contributed by atoms with Crippen LogP contribution in [0, 0.1) is 0 Å². The van der Waals surface area contributed by atoms with Crippen LogP contribution in [0.5, 0.6) is 0 Å². The fraction of sp³-hybridized carbons (Fsp3) is 0.462. The van der Waals surface area contributed by atoms with Crippen LogP contribution in [0.25, 0.3) is 0 Å². The van der Waals surface area contributed by atoms with Gasteiger partial charge in [-0.3, -0.25) is 4.79 Å². The van der Waals surface area contributed by atoms with E-state index in [1.165, 1.54) is 0 Å². The van der Waals surface area contributed by atoms with Crippen LogP contribution in [0.15, 0.2) is 30.3 Å². The smallest absolute Gasteiger partial charge is 0.346 e. The fourth-order valence-electron chi connectivity index (χ4n) is 1.85. The average Bonchev–Trinajstić information content (AvgIpc) is 2.41. The summed E-state index contributed by atoms with van der Waals surface area (Å²) >= 11 is 0. The van der Waals surface area contributed by atoms with Gasteiger partial charge in [-0.1, -0.05) is 30.3 Å². The second-order valence-corrected chi connectivity index (χ2v) is 4.49. The fourth-order valence-corrected chi connectivity index (χ4v) is 1.85. The zero-order valence-corrected chi connectivity index (χ0v) is 10.7. The molecule has 0 bridgehead atoms. The quantitative estimate of drug-likeness (QED) is 0.907. The van der Waals surface area contributed by atoms with Crippen molar-refractivity contribution in [3.63, 3.8) is 0 Å². The molecular formula is C13H14F3NO3. The summed E-state index contributed by atoms with van der Waals surface area (Å²) in [5.41, 5.74) is 0.778. The van der Waals surface area contributed by atoms with Crippen molar-refractivity contribution in [2.45, 2.75) is 31.5 Å². The molecule has 0 radical (unpaired) electrons. The number of hydrogen-bond acceptors (Lipinski definition) is 3. The summed E-state index contributed by atoms with van der Waals surface area (Å²) in [6.45, 7) is 1.56. The van der Waals surface area contributed by atoms with Crippen molar-refractivity contribution in [1.82, 2.24) is 5.32 Å². The first kappa shape index (κ1) is 14.8. The first-order valence-corrected chi connectivity index (χ1v) is 6.07. The molecule has 1 N–H and O–H groups in total. The molecule has 1 saturated heterocycles. The molecule has 1 aromatic rings. The maximum Gasteiger partial charge on any atom is 0.471 e. The van der Waals surface area contributed by atoms with Crippen LogP contribution in [0.4, 0.5) is 13.2 Å². The first-order chi connectivity index (χ1) is 9.38. The Labute approximate surface area is 113 Å². The minimum atomic E-state index is -4.91. The van der Waals surface area contributed by atoms with E-state index in [4.69, 9.17) is 9.47 Å². The molecule has 0 aromatic heterocycles. The molecule has 2 unspecified atom stereocenters. The normalized spacial score (nSPS) is 27.1. The molecule has 1 aliphatic rings. The summed E-state index contributed by atoms with van der Waals surface area (Å²) in [4.78, 5) is 10.9. The molecule has 1 aromatic carbocycles. The zero-order chi connectivity index (χ0) is 14.8. The van der Waals surface area contributed by atoms with Gasteiger partial charge in [0.05, 0.1) is 18.8 Å². The van der Waals surface area contributed by atoms with Gasteiger partial charge < -0.3 is 14.8 Å². The molecule has 4 nitrogen and oxygen atoms in total. The van der Waals surface area contributed by atoms with E-state index in [1.807, 2.05) is 23.5 Å². The van der Waals surface area contributed by atoms with Crippen LogP contribution >= 0.6 is 0 Å². The molecule has 0 spiro atoms. The second-order valence-electron chi connectivity index (χ2n) is 4.49. The highest BCUT2D eigenvalue weighted by Gasteiger charge is 2.41. The van der Waals surface area contributed by atoms with E-state index >= 15 is 0 Å². The average molecular weight is 289 g/mol. The molecule has 0 saturated carbocycles. The Morgan fingerprint density at radius 2 is 1.95 bits per heavy atom. The number of carbonyl (C=O) groups is 1. The number of alkyl halides is 3. The van der Waals surface area contributed by atoms with Crippen LogP contribution in [0.3, 0.4) is 0 Å². The minimum absolute atomic E-state index is 0.0391. The van der Waals surface area contributed by atoms with E-state index in [1.54, 1.807) is 19.1 Å².